The summed E-state index contributed by atoms with van der Waals surface area (Å²) in [5.41, 5.74) is 3.88. The van der Waals surface area contributed by atoms with Crippen LogP contribution in [0.5, 0.6) is 17.2 Å². The van der Waals surface area contributed by atoms with E-state index in [0.717, 1.165) is 45.5 Å². The molecule has 2 aliphatic heterocycles. The highest BCUT2D eigenvalue weighted by Gasteiger charge is 2.31. The Kier molecular flexibility index (Phi) is 5.97. The third-order valence-corrected chi connectivity index (χ3v) is 6.44. The first-order valence-electron chi connectivity index (χ1n) is 11.7. The number of aryl methyl sites for hydroxylation is 1. The number of ether oxygens (including phenoxy) is 2. The molecule has 0 spiro atoms. The first kappa shape index (κ1) is 22.0. The Balaban J connectivity index is 1.42. The first-order chi connectivity index (χ1) is 16.5. The largest absolute Gasteiger partial charge is 0.497 e. The molecule has 1 amide bonds. The van der Waals surface area contributed by atoms with Gasteiger partial charge in [-0.3, -0.25) is 4.79 Å². The van der Waals surface area contributed by atoms with Crippen LogP contribution in [-0.4, -0.2) is 54.3 Å². The molecule has 174 valence electrons. The van der Waals surface area contributed by atoms with Gasteiger partial charge in [-0.1, -0.05) is 36.4 Å². The summed E-state index contributed by atoms with van der Waals surface area (Å²) in [4.78, 5) is 22.3. The van der Waals surface area contributed by atoms with Crippen molar-refractivity contribution in [2.75, 3.05) is 26.7 Å². The zero-order valence-corrected chi connectivity index (χ0v) is 19.8. The van der Waals surface area contributed by atoms with Crippen LogP contribution in [-0.2, 0) is 11.2 Å². The number of nitrogens with zero attached hydrogens (tertiary/aromatic N) is 3. The summed E-state index contributed by atoms with van der Waals surface area (Å²) in [6.45, 7) is 6.20. The maximum Gasteiger partial charge on any atom is 0.227 e. The molecule has 2 aliphatic rings. The number of piperazine rings is 1. The number of fused-ring (bicyclic) bond motifs is 2. The SMILES string of the molecule is COc1ccc2c(c1)Oc1cc(C)ccc1N=C2N1CCN(C(=O)Cc2ccccc2)[C@@H](C)C1. The fraction of sp³-hybridized carbons (Fsp3) is 0.286. The number of hydrogen-bond acceptors (Lipinski definition) is 5. The van der Waals surface area contributed by atoms with Crippen molar-refractivity contribution in [3.63, 3.8) is 0 Å². The summed E-state index contributed by atoms with van der Waals surface area (Å²) in [5.74, 6) is 3.21. The highest BCUT2D eigenvalue weighted by Crippen LogP contribution is 2.40. The maximum absolute atomic E-state index is 13.0. The van der Waals surface area contributed by atoms with Crippen molar-refractivity contribution in [2.45, 2.75) is 26.3 Å². The van der Waals surface area contributed by atoms with Gasteiger partial charge in [0.25, 0.3) is 0 Å². The summed E-state index contributed by atoms with van der Waals surface area (Å²) in [6, 6.07) is 21.9. The van der Waals surface area contributed by atoms with Gasteiger partial charge in [-0.05, 0) is 49.2 Å². The molecule has 3 aromatic rings. The molecule has 34 heavy (non-hydrogen) atoms. The van der Waals surface area contributed by atoms with Crippen molar-refractivity contribution < 1.29 is 14.3 Å². The normalized spacial score (nSPS) is 17.1. The summed E-state index contributed by atoms with van der Waals surface area (Å²) >= 11 is 0. The number of amides is 1. The Labute approximate surface area is 200 Å². The van der Waals surface area contributed by atoms with Crippen molar-refractivity contribution in [3.05, 3.63) is 83.4 Å². The third kappa shape index (κ3) is 4.36. The molecule has 6 nitrogen and oxygen atoms in total. The van der Waals surface area contributed by atoms with Gasteiger partial charge in [0.1, 0.15) is 23.0 Å². The van der Waals surface area contributed by atoms with E-state index < -0.39 is 0 Å². The smallest absolute Gasteiger partial charge is 0.227 e. The van der Waals surface area contributed by atoms with Gasteiger partial charge in [-0.2, -0.15) is 0 Å². The predicted molar refractivity (Wildman–Crippen MR) is 133 cm³/mol. The fourth-order valence-corrected chi connectivity index (χ4v) is 4.62. The Bertz CT molecular complexity index is 1240. The molecular formula is C28H29N3O3. The van der Waals surface area contributed by atoms with E-state index in [1.54, 1.807) is 7.11 Å². The van der Waals surface area contributed by atoms with Crippen molar-refractivity contribution in [2.24, 2.45) is 4.99 Å². The molecule has 0 bridgehead atoms. The third-order valence-electron chi connectivity index (χ3n) is 6.44. The molecule has 1 atom stereocenters. The highest BCUT2D eigenvalue weighted by molar-refractivity contribution is 6.04. The van der Waals surface area contributed by atoms with Gasteiger partial charge in [-0.15, -0.1) is 0 Å². The van der Waals surface area contributed by atoms with E-state index in [0.29, 0.717) is 26.1 Å². The number of amidine groups is 1. The topological polar surface area (TPSA) is 54.4 Å². The molecule has 5 rings (SSSR count). The number of aliphatic imine (C=N–C) groups is 1. The Morgan fingerprint density at radius 2 is 1.88 bits per heavy atom. The molecule has 6 heteroatoms. The van der Waals surface area contributed by atoms with E-state index in [1.807, 2.05) is 78.6 Å². The van der Waals surface area contributed by atoms with Gasteiger partial charge in [0.15, 0.2) is 5.75 Å². The van der Waals surface area contributed by atoms with Gasteiger partial charge in [0.05, 0.1) is 19.1 Å². The summed E-state index contributed by atoms with van der Waals surface area (Å²) in [6.07, 6.45) is 0.426. The lowest BCUT2D eigenvalue weighted by Crippen LogP contribution is -2.55. The molecular weight excluding hydrogens is 426 g/mol. The molecule has 3 aromatic carbocycles. The summed E-state index contributed by atoms with van der Waals surface area (Å²) < 4.78 is 11.8. The van der Waals surface area contributed by atoms with Gasteiger partial charge in [0.2, 0.25) is 5.91 Å². The van der Waals surface area contributed by atoms with E-state index in [-0.39, 0.29) is 11.9 Å². The molecule has 0 N–H and O–H groups in total. The molecule has 2 heterocycles. The lowest BCUT2D eigenvalue weighted by molar-refractivity contribution is -0.134. The number of carbonyl (C=O) groups excluding carboxylic acids is 1. The second-order valence-electron chi connectivity index (χ2n) is 8.92. The zero-order chi connectivity index (χ0) is 23.7. The molecule has 0 unspecified atom stereocenters. The van der Waals surface area contributed by atoms with Crippen LogP contribution in [0.3, 0.4) is 0 Å². The average Bonchev–Trinajstić information content (AvgIpc) is 3.00. The van der Waals surface area contributed by atoms with Crippen LogP contribution in [0.4, 0.5) is 5.69 Å². The van der Waals surface area contributed by atoms with Gasteiger partial charge in [0, 0.05) is 31.7 Å². The number of methoxy groups -OCH3 is 1. The van der Waals surface area contributed by atoms with Crippen molar-refractivity contribution in [3.8, 4) is 17.2 Å². The standard InChI is InChI=1S/C28H29N3O3/c1-19-9-12-24-26(15-19)34-25-17-22(33-3)10-11-23(25)28(29-24)30-13-14-31(20(2)18-30)27(32)16-21-7-5-4-6-8-21/h4-12,15,17,20H,13-14,16,18H2,1-3H3/t20-/m0/s1. The average molecular weight is 456 g/mol. The molecule has 1 fully saturated rings. The van der Waals surface area contributed by atoms with E-state index in [1.165, 1.54) is 0 Å². The minimum atomic E-state index is 0.0658. The number of rotatable bonds is 3. The van der Waals surface area contributed by atoms with Crippen LogP contribution in [0.1, 0.15) is 23.6 Å². The van der Waals surface area contributed by atoms with Crippen LogP contribution in [0.15, 0.2) is 71.7 Å². The van der Waals surface area contributed by atoms with Crippen molar-refractivity contribution >= 4 is 17.4 Å². The van der Waals surface area contributed by atoms with Gasteiger partial charge in [-0.25, -0.2) is 4.99 Å². The summed E-state index contributed by atoms with van der Waals surface area (Å²) in [7, 11) is 1.65. The second kappa shape index (κ2) is 9.21. The molecule has 0 aromatic heterocycles. The fourth-order valence-electron chi connectivity index (χ4n) is 4.62. The number of hydrogen-bond donors (Lipinski definition) is 0. The Morgan fingerprint density at radius 3 is 2.65 bits per heavy atom. The highest BCUT2D eigenvalue weighted by atomic mass is 16.5. The van der Waals surface area contributed by atoms with E-state index in [4.69, 9.17) is 14.5 Å². The van der Waals surface area contributed by atoms with Crippen LogP contribution >= 0.6 is 0 Å². The van der Waals surface area contributed by atoms with E-state index in [9.17, 15) is 4.79 Å². The predicted octanol–water partition coefficient (Wildman–Crippen LogP) is 4.96. The number of benzene rings is 3. The van der Waals surface area contributed by atoms with Crippen molar-refractivity contribution in [1.29, 1.82) is 0 Å². The Hall–Kier alpha value is -3.80. The van der Waals surface area contributed by atoms with Crippen LogP contribution in [0.2, 0.25) is 0 Å². The van der Waals surface area contributed by atoms with Gasteiger partial charge >= 0.3 is 0 Å². The van der Waals surface area contributed by atoms with Gasteiger partial charge < -0.3 is 19.3 Å². The minimum absolute atomic E-state index is 0.0658. The van der Waals surface area contributed by atoms with E-state index >= 15 is 0 Å². The minimum Gasteiger partial charge on any atom is -0.497 e. The molecule has 0 radical (unpaired) electrons. The quantitative estimate of drug-likeness (QED) is 0.560. The molecule has 0 aliphatic carbocycles. The molecule has 1 saturated heterocycles. The summed E-state index contributed by atoms with van der Waals surface area (Å²) in [5, 5.41) is 0. The van der Waals surface area contributed by atoms with Crippen LogP contribution in [0.25, 0.3) is 0 Å². The van der Waals surface area contributed by atoms with Crippen LogP contribution in [0, 0.1) is 6.92 Å². The molecule has 0 saturated carbocycles. The second-order valence-corrected chi connectivity index (χ2v) is 8.92. The first-order valence-corrected chi connectivity index (χ1v) is 11.7. The van der Waals surface area contributed by atoms with Crippen molar-refractivity contribution in [1.82, 2.24) is 9.80 Å². The number of carbonyl (C=O) groups is 1. The monoisotopic (exact) mass is 455 g/mol. The lowest BCUT2D eigenvalue weighted by Gasteiger charge is -2.41. The van der Waals surface area contributed by atoms with E-state index in [2.05, 4.69) is 11.8 Å². The maximum atomic E-state index is 13.0. The lowest BCUT2D eigenvalue weighted by atomic mass is 10.1. The Morgan fingerprint density at radius 1 is 1.06 bits per heavy atom. The zero-order valence-electron chi connectivity index (χ0n) is 19.8. The van der Waals surface area contributed by atoms with Crippen LogP contribution < -0.4 is 9.47 Å².